The van der Waals surface area contributed by atoms with Crippen molar-refractivity contribution in [2.24, 2.45) is 5.14 Å². The molecule has 27 heavy (non-hydrogen) atoms. The largest absolute Gasteiger partial charge is 0.375 e. The predicted molar refractivity (Wildman–Crippen MR) is 100 cm³/mol. The van der Waals surface area contributed by atoms with E-state index in [4.69, 9.17) is 16.7 Å². The third-order valence-electron chi connectivity index (χ3n) is 4.31. The van der Waals surface area contributed by atoms with Gasteiger partial charge in [0.25, 0.3) is 5.69 Å². The molecule has 0 radical (unpaired) electrons. The van der Waals surface area contributed by atoms with E-state index in [0.717, 1.165) is 11.8 Å². The van der Waals surface area contributed by atoms with Crippen LogP contribution in [0, 0.1) is 15.9 Å². The van der Waals surface area contributed by atoms with Gasteiger partial charge in [-0.25, -0.2) is 17.9 Å². The second kappa shape index (κ2) is 7.29. The van der Waals surface area contributed by atoms with Crippen molar-refractivity contribution in [1.82, 2.24) is 0 Å². The zero-order valence-corrected chi connectivity index (χ0v) is 15.5. The minimum Gasteiger partial charge on any atom is -0.375 e. The smallest absolute Gasteiger partial charge is 0.293 e. The molecular weight excluding hydrogens is 399 g/mol. The average Bonchev–Trinajstić information content (AvgIpc) is 3.05. The molecule has 1 aliphatic heterocycles. The van der Waals surface area contributed by atoms with E-state index < -0.39 is 20.8 Å². The van der Waals surface area contributed by atoms with E-state index in [1.165, 1.54) is 24.3 Å². The number of benzene rings is 2. The van der Waals surface area contributed by atoms with Crippen molar-refractivity contribution in [2.45, 2.75) is 17.4 Å². The minimum absolute atomic E-state index is 0.0260. The highest BCUT2D eigenvalue weighted by molar-refractivity contribution is 7.89. The van der Waals surface area contributed by atoms with Crippen LogP contribution >= 0.6 is 11.6 Å². The topological polar surface area (TPSA) is 119 Å². The minimum atomic E-state index is -4.04. The van der Waals surface area contributed by atoms with Gasteiger partial charge >= 0.3 is 0 Å². The lowest BCUT2D eigenvalue weighted by Gasteiger charge is -2.20. The number of rotatable bonds is 5. The molecule has 11 heteroatoms. The number of sulfonamides is 1. The Labute approximate surface area is 159 Å². The first-order valence-corrected chi connectivity index (χ1v) is 9.85. The van der Waals surface area contributed by atoms with Gasteiger partial charge in [-0.2, -0.15) is 0 Å². The first-order chi connectivity index (χ1) is 12.6. The monoisotopic (exact) mass is 414 g/mol. The van der Waals surface area contributed by atoms with Gasteiger partial charge in [-0.15, -0.1) is 0 Å². The van der Waals surface area contributed by atoms with Crippen molar-refractivity contribution in [3.05, 3.63) is 57.4 Å². The molecule has 8 nitrogen and oxygen atoms in total. The normalized spacial score (nSPS) is 17.1. The van der Waals surface area contributed by atoms with Gasteiger partial charge in [0.2, 0.25) is 10.0 Å². The van der Waals surface area contributed by atoms with Crippen molar-refractivity contribution < 1.29 is 17.7 Å². The van der Waals surface area contributed by atoms with Gasteiger partial charge in [0.1, 0.15) is 11.5 Å². The van der Waals surface area contributed by atoms with Crippen LogP contribution < -0.4 is 15.4 Å². The molecule has 2 aromatic rings. The Morgan fingerprint density at radius 3 is 2.67 bits per heavy atom. The van der Waals surface area contributed by atoms with Gasteiger partial charge in [0.15, 0.2) is 0 Å². The van der Waals surface area contributed by atoms with Crippen molar-refractivity contribution in [3.63, 3.8) is 0 Å². The zero-order valence-electron chi connectivity index (χ0n) is 13.9. The van der Waals surface area contributed by atoms with E-state index >= 15 is 0 Å². The van der Waals surface area contributed by atoms with Crippen molar-refractivity contribution in [3.8, 4) is 0 Å². The number of halogens is 2. The number of nitro benzene ring substituents is 1. The number of primary sulfonamides is 1. The van der Waals surface area contributed by atoms with E-state index in [1.54, 1.807) is 6.07 Å². The fraction of sp³-hybridized carbons (Fsp3) is 0.250. The Morgan fingerprint density at radius 2 is 2.04 bits per heavy atom. The molecule has 1 heterocycles. The second-order valence-electron chi connectivity index (χ2n) is 6.16. The summed E-state index contributed by atoms with van der Waals surface area (Å²) in [7, 11) is -4.04. The number of nitrogens with one attached hydrogen (secondary N) is 1. The van der Waals surface area contributed by atoms with Gasteiger partial charge in [0.05, 0.1) is 14.8 Å². The Balaban J connectivity index is 1.78. The molecule has 2 aromatic carbocycles. The Kier molecular flexibility index (Phi) is 5.22. The maximum Gasteiger partial charge on any atom is 0.293 e. The molecule has 1 atom stereocenters. The average molecular weight is 415 g/mol. The quantitative estimate of drug-likeness (QED) is 0.573. The predicted octanol–water partition coefficient (Wildman–Crippen LogP) is 2.73. The summed E-state index contributed by atoms with van der Waals surface area (Å²) in [6, 6.07) is 7.80. The molecule has 1 fully saturated rings. The zero-order chi connectivity index (χ0) is 19.8. The van der Waals surface area contributed by atoms with Crippen LogP contribution in [0.25, 0.3) is 0 Å². The summed E-state index contributed by atoms with van der Waals surface area (Å²) in [5.74, 6) is -0.500. The van der Waals surface area contributed by atoms with Gasteiger partial charge in [-0.1, -0.05) is 11.6 Å². The van der Waals surface area contributed by atoms with Crippen molar-refractivity contribution in [2.75, 3.05) is 23.3 Å². The maximum absolute atomic E-state index is 13.3. The molecule has 0 saturated carbocycles. The maximum atomic E-state index is 13.3. The van der Waals surface area contributed by atoms with Crippen LogP contribution in [0.4, 0.5) is 21.5 Å². The van der Waals surface area contributed by atoms with Gasteiger partial charge in [-0.3, -0.25) is 10.1 Å². The third-order valence-corrected chi connectivity index (χ3v) is 5.51. The summed E-state index contributed by atoms with van der Waals surface area (Å²) < 4.78 is 36.1. The summed E-state index contributed by atoms with van der Waals surface area (Å²) in [4.78, 5) is 12.3. The van der Waals surface area contributed by atoms with E-state index in [9.17, 15) is 22.9 Å². The lowest BCUT2D eigenvalue weighted by atomic mass is 10.2. The molecule has 1 aliphatic rings. The first kappa shape index (κ1) is 19.3. The third kappa shape index (κ3) is 4.29. The highest BCUT2D eigenvalue weighted by Crippen LogP contribution is 2.31. The Morgan fingerprint density at radius 1 is 1.30 bits per heavy atom. The van der Waals surface area contributed by atoms with Crippen molar-refractivity contribution in [1.29, 1.82) is 0 Å². The number of nitrogens with zero attached hydrogens (tertiary/aromatic N) is 2. The Bertz CT molecular complexity index is 1000. The molecule has 144 valence electrons. The SMILES string of the molecule is NS(=O)(=O)c1ccc(NC2CCN(c3ccc(F)c(Cl)c3)C2)c([N+](=O)[O-])c1. The number of nitro groups is 1. The molecule has 0 aliphatic carbocycles. The summed E-state index contributed by atoms with van der Waals surface area (Å²) in [5, 5.41) is 19.4. The van der Waals surface area contributed by atoms with E-state index in [-0.39, 0.29) is 27.3 Å². The number of hydrogen-bond donors (Lipinski definition) is 2. The van der Waals surface area contributed by atoms with Crippen molar-refractivity contribution >= 4 is 38.7 Å². The molecule has 0 amide bonds. The van der Waals surface area contributed by atoms with Crippen LogP contribution in [-0.2, 0) is 10.0 Å². The molecular formula is C16H16ClFN4O4S. The van der Waals surface area contributed by atoms with Gasteiger partial charge in [0, 0.05) is 30.9 Å². The van der Waals surface area contributed by atoms with E-state index in [2.05, 4.69) is 5.32 Å². The van der Waals surface area contributed by atoms with Crippen LogP contribution in [0.2, 0.25) is 5.02 Å². The van der Waals surface area contributed by atoms with Crippen LogP contribution in [-0.4, -0.2) is 32.5 Å². The standard InChI is InChI=1S/C16H16ClFN4O4S/c17-13-7-11(1-3-14(13)18)21-6-5-10(9-21)20-15-4-2-12(27(19,25)26)8-16(15)22(23)24/h1-4,7-8,10,20H,5-6,9H2,(H2,19,25,26). The molecule has 3 rings (SSSR count). The molecule has 1 unspecified atom stereocenters. The summed E-state index contributed by atoms with van der Waals surface area (Å²) in [6.07, 6.45) is 0.684. The number of nitrogens with two attached hydrogens (primary N) is 1. The fourth-order valence-corrected chi connectivity index (χ4v) is 3.68. The summed E-state index contributed by atoms with van der Waals surface area (Å²) >= 11 is 5.81. The first-order valence-electron chi connectivity index (χ1n) is 7.93. The highest BCUT2D eigenvalue weighted by Gasteiger charge is 2.26. The summed E-state index contributed by atoms with van der Waals surface area (Å²) in [6.45, 7) is 1.18. The molecule has 0 bridgehead atoms. The number of hydrogen-bond acceptors (Lipinski definition) is 6. The van der Waals surface area contributed by atoms with Crippen LogP contribution in [0.3, 0.4) is 0 Å². The van der Waals surface area contributed by atoms with Crippen LogP contribution in [0.15, 0.2) is 41.3 Å². The second-order valence-corrected chi connectivity index (χ2v) is 8.12. The number of anilines is 2. The summed E-state index contributed by atoms with van der Waals surface area (Å²) in [5.41, 5.74) is 0.589. The van der Waals surface area contributed by atoms with Crippen LogP contribution in [0.5, 0.6) is 0 Å². The molecule has 1 saturated heterocycles. The van der Waals surface area contributed by atoms with E-state index in [0.29, 0.717) is 19.5 Å². The highest BCUT2D eigenvalue weighted by atomic mass is 35.5. The van der Waals surface area contributed by atoms with Gasteiger partial charge in [-0.05, 0) is 36.8 Å². The molecule has 0 spiro atoms. The lowest BCUT2D eigenvalue weighted by Crippen LogP contribution is -2.26. The van der Waals surface area contributed by atoms with E-state index in [1.807, 2.05) is 4.90 Å². The molecule has 0 aromatic heterocycles. The fourth-order valence-electron chi connectivity index (χ4n) is 2.98. The lowest BCUT2D eigenvalue weighted by molar-refractivity contribution is -0.384. The Hall–Kier alpha value is -2.43. The van der Waals surface area contributed by atoms with Gasteiger partial charge < -0.3 is 10.2 Å². The molecule has 3 N–H and O–H groups in total. The van der Waals surface area contributed by atoms with Crippen LogP contribution in [0.1, 0.15) is 6.42 Å².